The quantitative estimate of drug-likeness (QED) is 0.651. The van der Waals surface area contributed by atoms with Gasteiger partial charge in [0, 0.05) is 55.5 Å². The number of nitrogens with zero attached hydrogens (tertiary/aromatic N) is 4. The maximum atomic E-state index is 5.24. The van der Waals surface area contributed by atoms with Crippen molar-refractivity contribution in [3.05, 3.63) is 71.4 Å². The van der Waals surface area contributed by atoms with E-state index < -0.39 is 0 Å². The van der Waals surface area contributed by atoms with E-state index >= 15 is 0 Å². The second-order valence-corrected chi connectivity index (χ2v) is 7.21. The molecule has 5 heteroatoms. The van der Waals surface area contributed by atoms with Gasteiger partial charge in [0.2, 0.25) is 0 Å². The highest BCUT2D eigenvalue weighted by atomic mass is 16.5. The molecule has 0 N–H and O–H groups in total. The summed E-state index contributed by atoms with van der Waals surface area (Å²) in [5.74, 6) is 1.83. The average molecular weight is 374 g/mol. The predicted molar refractivity (Wildman–Crippen MR) is 110 cm³/mol. The Morgan fingerprint density at radius 2 is 1.93 bits per heavy atom. The summed E-state index contributed by atoms with van der Waals surface area (Å²) in [6, 6.07) is 14.3. The number of methoxy groups -OCH3 is 1. The second kappa shape index (κ2) is 8.48. The summed E-state index contributed by atoms with van der Waals surface area (Å²) >= 11 is 0. The second-order valence-electron chi connectivity index (χ2n) is 7.21. The Hall–Kier alpha value is -2.79. The van der Waals surface area contributed by atoms with Crippen molar-refractivity contribution in [2.75, 3.05) is 13.7 Å². The third-order valence-corrected chi connectivity index (χ3v) is 5.11. The molecule has 144 valence electrons. The summed E-state index contributed by atoms with van der Waals surface area (Å²) in [4.78, 5) is 16.6. The Bertz CT molecular complexity index is 940. The van der Waals surface area contributed by atoms with Crippen LogP contribution in [0.3, 0.4) is 0 Å². The molecule has 3 aromatic rings. The lowest BCUT2D eigenvalue weighted by atomic mass is 10.1. The maximum Gasteiger partial charge on any atom is 0.128 e. The van der Waals surface area contributed by atoms with Gasteiger partial charge in [-0.25, -0.2) is 9.97 Å². The molecular formula is C23H26N4O. The Balaban J connectivity index is 1.46. The van der Waals surface area contributed by atoms with E-state index in [1.54, 1.807) is 7.11 Å². The zero-order valence-electron chi connectivity index (χ0n) is 16.6. The van der Waals surface area contributed by atoms with E-state index in [-0.39, 0.29) is 0 Å². The van der Waals surface area contributed by atoms with Crippen LogP contribution in [0.25, 0.3) is 11.3 Å². The van der Waals surface area contributed by atoms with E-state index in [4.69, 9.17) is 14.7 Å². The van der Waals surface area contributed by atoms with Gasteiger partial charge in [0.05, 0.1) is 18.5 Å². The molecule has 0 aliphatic carbocycles. The minimum Gasteiger partial charge on any atom is -0.497 e. The number of aromatic nitrogens is 3. The van der Waals surface area contributed by atoms with E-state index in [1.165, 1.54) is 11.3 Å². The summed E-state index contributed by atoms with van der Waals surface area (Å²) < 4.78 is 5.24. The van der Waals surface area contributed by atoms with Gasteiger partial charge in [0.25, 0.3) is 0 Å². The predicted octanol–water partition coefficient (Wildman–Crippen LogP) is 4.06. The smallest absolute Gasteiger partial charge is 0.128 e. The van der Waals surface area contributed by atoms with Crippen LogP contribution in [0, 0.1) is 0 Å². The Kier molecular flexibility index (Phi) is 5.63. The van der Waals surface area contributed by atoms with E-state index in [0.717, 1.165) is 67.4 Å². The van der Waals surface area contributed by atoms with Gasteiger partial charge in [-0.3, -0.25) is 9.88 Å². The molecular weight excluding hydrogens is 348 g/mol. The first-order chi connectivity index (χ1) is 13.7. The summed E-state index contributed by atoms with van der Waals surface area (Å²) in [6.07, 6.45) is 5.04. The SMILES string of the molecule is CCCc1ncc2c(n1)CCN(Cc1cccc(-c3ccc(OC)cc3)n1)C2. The van der Waals surface area contributed by atoms with Gasteiger partial charge in [-0.2, -0.15) is 0 Å². The number of aryl methyl sites for hydroxylation is 1. The summed E-state index contributed by atoms with van der Waals surface area (Å²) in [5, 5.41) is 0. The summed E-state index contributed by atoms with van der Waals surface area (Å²) in [5.41, 5.74) is 5.64. The van der Waals surface area contributed by atoms with Crippen LogP contribution < -0.4 is 4.74 Å². The molecule has 5 nitrogen and oxygen atoms in total. The van der Waals surface area contributed by atoms with Crippen LogP contribution in [0.15, 0.2) is 48.7 Å². The normalized spacial score (nSPS) is 13.9. The van der Waals surface area contributed by atoms with Gasteiger partial charge in [-0.1, -0.05) is 13.0 Å². The topological polar surface area (TPSA) is 51.1 Å². The lowest BCUT2D eigenvalue weighted by Gasteiger charge is -2.27. The first-order valence-corrected chi connectivity index (χ1v) is 9.91. The van der Waals surface area contributed by atoms with Crippen molar-refractivity contribution in [3.63, 3.8) is 0 Å². The van der Waals surface area contributed by atoms with Crippen molar-refractivity contribution in [3.8, 4) is 17.0 Å². The van der Waals surface area contributed by atoms with Crippen LogP contribution >= 0.6 is 0 Å². The number of ether oxygens (including phenoxy) is 1. The molecule has 0 spiro atoms. The Morgan fingerprint density at radius 3 is 2.71 bits per heavy atom. The molecule has 0 radical (unpaired) electrons. The number of fused-ring (bicyclic) bond motifs is 1. The fourth-order valence-corrected chi connectivity index (χ4v) is 3.61. The van der Waals surface area contributed by atoms with E-state index in [1.807, 2.05) is 30.5 Å². The van der Waals surface area contributed by atoms with Crippen molar-refractivity contribution in [2.24, 2.45) is 0 Å². The van der Waals surface area contributed by atoms with Crippen molar-refractivity contribution in [2.45, 2.75) is 39.3 Å². The first-order valence-electron chi connectivity index (χ1n) is 9.91. The Labute approximate surface area is 166 Å². The van der Waals surface area contributed by atoms with Crippen LogP contribution in [0.4, 0.5) is 0 Å². The molecule has 0 unspecified atom stereocenters. The third-order valence-electron chi connectivity index (χ3n) is 5.11. The van der Waals surface area contributed by atoms with E-state index in [9.17, 15) is 0 Å². The molecule has 1 aromatic carbocycles. The highest BCUT2D eigenvalue weighted by molar-refractivity contribution is 5.60. The molecule has 1 aliphatic heterocycles. The first kappa shape index (κ1) is 18.6. The Morgan fingerprint density at radius 1 is 1.07 bits per heavy atom. The number of benzene rings is 1. The molecule has 1 aliphatic rings. The minimum atomic E-state index is 0.833. The summed E-state index contributed by atoms with van der Waals surface area (Å²) in [7, 11) is 1.68. The van der Waals surface area contributed by atoms with Crippen LogP contribution in [0.1, 0.15) is 36.1 Å². The van der Waals surface area contributed by atoms with Gasteiger partial charge < -0.3 is 4.74 Å². The maximum absolute atomic E-state index is 5.24. The molecule has 0 amide bonds. The van der Waals surface area contributed by atoms with Crippen molar-refractivity contribution in [1.29, 1.82) is 0 Å². The fraction of sp³-hybridized carbons (Fsp3) is 0.348. The highest BCUT2D eigenvalue weighted by Crippen LogP contribution is 2.22. The summed E-state index contributed by atoms with van der Waals surface area (Å²) in [6.45, 7) is 4.89. The van der Waals surface area contributed by atoms with E-state index in [2.05, 4.69) is 35.0 Å². The molecule has 0 bridgehead atoms. The number of hydrogen-bond acceptors (Lipinski definition) is 5. The zero-order chi connectivity index (χ0) is 19.3. The van der Waals surface area contributed by atoms with Crippen molar-refractivity contribution >= 4 is 0 Å². The molecule has 0 saturated heterocycles. The van der Waals surface area contributed by atoms with Crippen LogP contribution in [-0.4, -0.2) is 33.5 Å². The monoisotopic (exact) mass is 374 g/mol. The lowest BCUT2D eigenvalue weighted by Crippen LogP contribution is -2.31. The standard InChI is InChI=1S/C23H26N4O/c1-3-5-23-24-14-18-15-27(13-12-22(18)26-23)16-19-6-4-7-21(25-19)17-8-10-20(28-2)11-9-17/h4,6-11,14H,3,5,12-13,15-16H2,1-2H3. The van der Waals surface area contributed by atoms with Gasteiger partial charge >= 0.3 is 0 Å². The largest absolute Gasteiger partial charge is 0.497 e. The van der Waals surface area contributed by atoms with Gasteiger partial charge in [0.15, 0.2) is 0 Å². The molecule has 2 aromatic heterocycles. The van der Waals surface area contributed by atoms with Crippen LogP contribution in [0.5, 0.6) is 5.75 Å². The third kappa shape index (κ3) is 4.20. The minimum absolute atomic E-state index is 0.833. The van der Waals surface area contributed by atoms with Crippen LogP contribution in [-0.2, 0) is 25.9 Å². The number of pyridine rings is 1. The molecule has 0 fully saturated rings. The fourth-order valence-electron chi connectivity index (χ4n) is 3.61. The number of hydrogen-bond donors (Lipinski definition) is 0. The van der Waals surface area contributed by atoms with E-state index in [0.29, 0.717) is 0 Å². The number of rotatable bonds is 6. The molecule has 0 saturated carbocycles. The van der Waals surface area contributed by atoms with Gasteiger partial charge in [-0.05, 0) is 42.8 Å². The van der Waals surface area contributed by atoms with Crippen LogP contribution in [0.2, 0.25) is 0 Å². The molecule has 0 atom stereocenters. The van der Waals surface area contributed by atoms with Gasteiger partial charge in [0.1, 0.15) is 11.6 Å². The average Bonchev–Trinajstić information content (AvgIpc) is 2.74. The lowest BCUT2D eigenvalue weighted by molar-refractivity contribution is 0.240. The van der Waals surface area contributed by atoms with Crippen molar-refractivity contribution < 1.29 is 4.74 Å². The van der Waals surface area contributed by atoms with Crippen molar-refractivity contribution in [1.82, 2.24) is 19.9 Å². The molecule has 28 heavy (non-hydrogen) atoms. The van der Waals surface area contributed by atoms with Gasteiger partial charge in [-0.15, -0.1) is 0 Å². The zero-order valence-corrected chi connectivity index (χ0v) is 16.6. The highest BCUT2D eigenvalue weighted by Gasteiger charge is 2.19. The molecule has 3 heterocycles. The molecule has 4 rings (SSSR count).